The standard InChI is InChI=1S/C17H17FO2S/c1-10-7-11(18)9-12(8-10)20-15-5-6-16(21-2)17-13(15)3-4-14(17)19/h5-9,14,19H,3-4H2,1-2H3. The minimum atomic E-state index is -0.430. The largest absolute Gasteiger partial charge is 0.457 e. The first-order valence-corrected chi connectivity index (χ1v) is 8.14. The molecule has 1 unspecified atom stereocenters. The maximum absolute atomic E-state index is 13.5. The third kappa shape index (κ3) is 2.78. The number of halogens is 1. The molecule has 0 heterocycles. The van der Waals surface area contributed by atoms with Crippen LogP contribution in [0.2, 0.25) is 0 Å². The van der Waals surface area contributed by atoms with Gasteiger partial charge >= 0.3 is 0 Å². The molecule has 1 N–H and O–H groups in total. The van der Waals surface area contributed by atoms with Crippen molar-refractivity contribution in [3.63, 3.8) is 0 Å². The van der Waals surface area contributed by atoms with E-state index < -0.39 is 6.10 Å². The molecule has 0 saturated carbocycles. The van der Waals surface area contributed by atoms with E-state index in [9.17, 15) is 9.50 Å². The van der Waals surface area contributed by atoms with Crippen LogP contribution in [-0.4, -0.2) is 11.4 Å². The molecule has 2 aromatic rings. The summed E-state index contributed by atoms with van der Waals surface area (Å²) in [5.41, 5.74) is 2.83. The van der Waals surface area contributed by atoms with E-state index >= 15 is 0 Å². The van der Waals surface area contributed by atoms with Crippen LogP contribution < -0.4 is 4.74 Å². The Labute approximate surface area is 128 Å². The van der Waals surface area contributed by atoms with Gasteiger partial charge in [-0.2, -0.15) is 0 Å². The summed E-state index contributed by atoms with van der Waals surface area (Å²) in [5, 5.41) is 10.1. The van der Waals surface area contributed by atoms with E-state index in [0.29, 0.717) is 17.9 Å². The van der Waals surface area contributed by atoms with Crippen molar-refractivity contribution in [2.24, 2.45) is 0 Å². The van der Waals surface area contributed by atoms with Crippen molar-refractivity contribution in [3.8, 4) is 11.5 Å². The molecule has 3 rings (SSSR count). The molecule has 4 heteroatoms. The summed E-state index contributed by atoms with van der Waals surface area (Å²) in [6, 6.07) is 8.52. The molecular weight excluding hydrogens is 287 g/mol. The van der Waals surface area contributed by atoms with Gasteiger partial charge in [-0.25, -0.2) is 4.39 Å². The van der Waals surface area contributed by atoms with Gasteiger partial charge in [-0.15, -0.1) is 11.8 Å². The quantitative estimate of drug-likeness (QED) is 0.838. The molecule has 2 nitrogen and oxygen atoms in total. The molecule has 1 aliphatic carbocycles. The lowest BCUT2D eigenvalue weighted by Crippen LogP contribution is -1.96. The van der Waals surface area contributed by atoms with Crippen LogP contribution in [0.5, 0.6) is 11.5 Å². The molecule has 1 aliphatic rings. The Morgan fingerprint density at radius 2 is 2.10 bits per heavy atom. The third-order valence-corrected chi connectivity index (χ3v) is 4.53. The highest BCUT2D eigenvalue weighted by molar-refractivity contribution is 7.98. The Morgan fingerprint density at radius 1 is 1.29 bits per heavy atom. The maximum atomic E-state index is 13.5. The van der Waals surface area contributed by atoms with Crippen LogP contribution in [0.15, 0.2) is 35.2 Å². The fraction of sp³-hybridized carbons (Fsp3) is 0.294. The van der Waals surface area contributed by atoms with Gasteiger partial charge in [-0.05, 0) is 55.9 Å². The molecule has 0 bridgehead atoms. The minimum absolute atomic E-state index is 0.303. The van der Waals surface area contributed by atoms with E-state index in [4.69, 9.17) is 4.74 Å². The number of benzene rings is 2. The normalized spacial score (nSPS) is 16.9. The lowest BCUT2D eigenvalue weighted by atomic mass is 10.1. The van der Waals surface area contributed by atoms with E-state index in [0.717, 1.165) is 28.0 Å². The molecule has 21 heavy (non-hydrogen) atoms. The number of aliphatic hydroxyl groups is 1. The lowest BCUT2D eigenvalue weighted by molar-refractivity contribution is 0.177. The molecular formula is C17H17FO2S. The van der Waals surface area contributed by atoms with Gasteiger partial charge in [0.2, 0.25) is 0 Å². The van der Waals surface area contributed by atoms with Crippen molar-refractivity contribution >= 4 is 11.8 Å². The molecule has 0 amide bonds. The number of aliphatic hydroxyl groups excluding tert-OH is 1. The molecule has 0 radical (unpaired) electrons. The van der Waals surface area contributed by atoms with E-state index in [1.807, 2.05) is 31.4 Å². The summed E-state index contributed by atoms with van der Waals surface area (Å²) < 4.78 is 19.3. The summed E-state index contributed by atoms with van der Waals surface area (Å²) >= 11 is 1.62. The van der Waals surface area contributed by atoms with E-state index in [2.05, 4.69) is 0 Å². The summed E-state index contributed by atoms with van der Waals surface area (Å²) in [5.74, 6) is 0.903. The zero-order chi connectivity index (χ0) is 15.0. The molecule has 1 atom stereocenters. The van der Waals surface area contributed by atoms with Crippen LogP contribution in [0.25, 0.3) is 0 Å². The average molecular weight is 304 g/mol. The van der Waals surface area contributed by atoms with Crippen LogP contribution in [0.3, 0.4) is 0 Å². The van der Waals surface area contributed by atoms with Crippen LogP contribution >= 0.6 is 11.8 Å². The summed E-state index contributed by atoms with van der Waals surface area (Å²) in [6.07, 6.45) is 3.07. The fourth-order valence-electron chi connectivity index (χ4n) is 2.83. The van der Waals surface area contributed by atoms with Crippen molar-refractivity contribution in [2.75, 3.05) is 6.26 Å². The summed E-state index contributed by atoms with van der Waals surface area (Å²) in [6.45, 7) is 1.83. The Bertz CT molecular complexity index is 664. The van der Waals surface area contributed by atoms with Crippen molar-refractivity contribution < 1.29 is 14.2 Å². The molecule has 0 aromatic heterocycles. The highest BCUT2D eigenvalue weighted by Gasteiger charge is 2.26. The van der Waals surface area contributed by atoms with Gasteiger partial charge in [0.05, 0.1) is 6.10 Å². The number of fused-ring (bicyclic) bond motifs is 1. The maximum Gasteiger partial charge on any atom is 0.131 e. The number of hydrogen-bond donors (Lipinski definition) is 1. The molecule has 110 valence electrons. The molecule has 2 aromatic carbocycles. The first-order chi connectivity index (χ1) is 10.1. The SMILES string of the molecule is CSc1ccc(Oc2cc(C)cc(F)c2)c2c1C(O)CC2. The zero-order valence-corrected chi connectivity index (χ0v) is 12.8. The highest BCUT2D eigenvalue weighted by Crippen LogP contribution is 2.43. The monoisotopic (exact) mass is 304 g/mol. The lowest BCUT2D eigenvalue weighted by Gasteiger charge is -2.14. The number of rotatable bonds is 3. The number of hydrogen-bond acceptors (Lipinski definition) is 3. The number of ether oxygens (including phenoxy) is 1. The van der Waals surface area contributed by atoms with Crippen molar-refractivity contribution in [1.29, 1.82) is 0 Å². The second-order valence-corrected chi connectivity index (χ2v) is 6.13. The summed E-state index contributed by atoms with van der Waals surface area (Å²) in [7, 11) is 0. The minimum Gasteiger partial charge on any atom is -0.457 e. The Morgan fingerprint density at radius 3 is 2.81 bits per heavy atom. The van der Waals surface area contributed by atoms with Gasteiger partial charge in [-0.1, -0.05) is 0 Å². The molecule has 0 spiro atoms. The van der Waals surface area contributed by atoms with E-state index in [-0.39, 0.29) is 5.82 Å². The second-order valence-electron chi connectivity index (χ2n) is 5.28. The van der Waals surface area contributed by atoms with Gasteiger partial charge in [0.1, 0.15) is 17.3 Å². The topological polar surface area (TPSA) is 29.5 Å². The molecule has 0 saturated heterocycles. The van der Waals surface area contributed by atoms with Crippen LogP contribution in [0.4, 0.5) is 4.39 Å². The van der Waals surface area contributed by atoms with E-state index in [1.165, 1.54) is 12.1 Å². The predicted molar refractivity (Wildman–Crippen MR) is 82.7 cm³/mol. The average Bonchev–Trinajstić information content (AvgIpc) is 2.81. The third-order valence-electron chi connectivity index (χ3n) is 3.74. The van der Waals surface area contributed by atoms with Gasteiger partial charge in [-0.3, -0.25) is 0 Å². The Balaban J connectivity index is 2.00. The van der Waals surface area contributed by atoms with Crippen LogP contribution in [0.1, 0.15) is 29.2 Å². The van der Waals surface area contributed by atoms with Gasteiger partial charge in [0.25, 0.3) is 0 Å². The van der Waals surface area contributed by atoms with Crippen molar-refractivity contribution in [2.45, 2.75) is 30.8 Å². The Kier molecular flexibility index (Phi) is 3.91. The smallest absolute Gasteiger partial charge is 0.131 e. The van der Waals surface area contributed by atoms with Gasteiger partial charge in [0, 0.05) is 22.1 Å². The van der Waals surface area contributed by atoms with Crippen LogP contribution in [-0.2, 0) is 6.42 Å². The van der Waals surface area contributed by atoms with E-state index in [1.54, 1.807) is 11.8 Å². The fourth-order valence-corrected chi connectivity index (χ4v) is 3.52. The van der Waals surface area contributed by atoms with Gasteiger partial charge < -0.3 is 9.84 Å². The Hall–Kier alpha value is -1.52. The van der Waals surface area contributed by atoms with Crippen molar-refractivity contribution in [1.82, 2.24) is 0 Å². The molecule has 0 fully saturated rings. The van der Waals surface area contributed by atoms with Crippen LogP contribution in [0, 0.1) is 12.7 Å². The van der Waals surface area contributed by atoms with Gasteiger partial charge in [0.15, 0.2) is 0 Å². The number of aryl methyl sites for hydroxylation is 1. The summed E-state index contributed by atoms with van der Waals surface area (Å²) in [4.78, 5) is 1.08. The highest BCUT2D eigenvalue weighted by atomic mass is 32.2. The van der Waals surface area contributed by atoms with Crippen molar-refractivity contribution in [3.05, 3.63) is 52.8 Å². The zero-order valence-electron chi connectivity index (χ0n) is 12.0. The number of thioether (sulfide) groups is 1. The predicted octanol–water partition coefficient (Wildman–Crippen LogP) is 4.63. The molecule has 0 aliphatic heterocycles. The first kappa shape index (κ1) is 14.4. The second kappa shape index (κ2) is 5.70. The first-order valence-electron chi connectivity index (χ1n) is 6.91.